The second kappa shape index (κ2) is 6.75. The molecule has 1 heterocycles. The average molecular weight is 314 g/mol. The predicted molar refractivity (Wildman–Crippen MR) is 93.9 cm³/mol. The lowest BCUT2D eigenvalue weighted by Crippen LogP contribution is -2.35. The van der Waals surface area contributed by atoms with Gasteiger partial charge in [-0.05, 0) is 74.1 Å². The summed E-state index contributed by atoms with van der Waals surface area (Å²) in [5.74, 6) is 1.53. The molecule has 1 fully saturated rings. The number of hydrogen-bond donors (Lipinski definition) is 2. The van der Waals surface area contributed by atoms with E-state index in [1.165, 1.54) is 0 Å². The largest absolute Gasteiger partial charge is 0.490 e. The lowest BCUT2D eigenvalue weighted by Gasteiger charge is -2.32. The molecule has 0 aliphatic heterocycles. The Morgan fingerprint density at radius 3 is 2.74 bits per heavy atom. The normalized spacial score (nSPS) is 22.9. The van der Waals surface area contributed by atoms with Crippen LogP contribution in [0, 0.1) is 12.8 Å². The summed E-state index contributed by atoms with van der Waals surface area (Å²) in [6, 6.07) is 6.15. The van der Waals surface area contributed by atoms with E-state index >= 15 is 0 Å². The van der Waals surface area contributed by atoms with Gasteiger partial charge in [-0.2, -0.15) is 0 Å². The molecule has 3 rings (SSSR count). The molecule has 0 saturated heterocycles. The maximum absolute atomic E-state index is 11.9. The lowest BCUT2D eigenvalue weighted by atomic mass is 9.82. The van der Waals surface area contributed by atoms with Crippen molar-refractivity contribution in [2.45, 2.75) is 58.1 Å². The highest BCUT2D eigenvalue weighted by molar-refractivity contribution is 5.83. The number of aryl methyl sites for hydroxylation is 1. The first-order chi connectivity index (χ1) is 11.1. The molecule has 124 valence electrons. The molecule has 3 N–H and O–H groups in total. The fraction of sp³-hybridized carbons (Fsp3) is 0.526. The Morgan fingerprint density at radius 2 is 2.04 bits per heavy atom. The SMILES string of the molecule is CCC(N)C1CCC(Oc2cc3cc[nH]c(=O)c3cc2C)CC1. The topological polar surface area (TPSA) is 68.1 Å². The molecule has 0 radical (unpaired) electrons. The number of hydrogen-bond acceptors (Lipinski definition) is 3. The summed E-state index contributed by atoms with van der Waals surface area (Å²) in [5.41, 5.74) is 7.14. The fourth-order valence-corrected chi connectivity index (χ4v) is 3.60. The molecule has 1 saturated carbocycles. The summed E-state index contributed by atoms with van der Waals surface area (Å²) in [6.45, 7) is 4.16. The van der Waals surface area contributed by atoms with E-state index in [4.69, 9.17) is 10.5 Å². The Bertz CT molecular complexity index is 730. The quantitative estimate of drug-likeness (QED) is 0.907. The molecule has 4 nitrogen and oxygen atoms in total. The Hall–Kier alpha value is -1.81. The van der Waals surface area contributed by atoms with Gasteiger partial charge in [0.1, 0.15) is 5.75 Å². The van der Waals surface area contributed by atoms with Gasteiger partial charge in [-0.15, -0.1) is 0 Å². The smallest absolute Gasteiger partial charge is 0.255 e. The number of ether oxygens (including phenoxy) is 1. The van der Waals surface area contributed by atoms with Gasteiger partial charge in [0, 0.05) is 17.6 Å². The number of H-pyrrole nitrogens is 1. The van der Waals surface area contributed by atoms with Crippen molar-refractivity contribution < 1.29 is 4.74 Å². The minimum absolute atomic E-state index is 0.0498. The molecule has 1 aliphatic carbocycles. The maximum atomic E-state index is 11.9. The first-order valence-corrected chi connectivity index (χ1v) is 8.62. The van der Waals surface area contributed by atoms with Crippen LogP contribution in [0.4, 0.5) is 0 Å². The van der Waals surface area contributed by atoms with Crippen molar-refractivity contribution >= 4 is 10.8 Å². The zero-order chi connectivity index (χ0) is 16.4. The van der Waals surface area contributed by atoms with E-state index in [9.17, 15) is 4.79 Å². The molecule has 1 aliphatic rings. The summed E-state index contributed by atoms with van der Waals surface area (Å²) in [4.78, 5) is 14.6. The number of aromatic amines is 1. The highest BCUT2D eigenvalue weighted by Gasteiger charge is 2.26. The Balaban J connectivity index is 1.73. The summed E-state index contributed by atoms with van der Waals surface area (Å²) in [6.07, 6.45) is 7.40. The third-order valence-corrected chi connectivity index (χ3v) is 5.16. The number of fused-ring (bicyclic) bond motifs is 1. The van der Waals surface area contributed by atoms with Gasteiger partial charge in [-0.3, -0.25) is 4.79 Å². The zero-order valence-corrected chi connectivity index (χ0v) is 14.0. The second-order valence-electron chi connectivity index (χ2n) is 6.74. The first kappa shape index (κ1) is 16.1. The minimum Gasteiger partial charge on any atom is -0.490 e. The van der Waals surface area contributed by atoms with Crippen LogP contribution in [0.5, 0.6) is 5.75 Å². The van der Waals surface area contributed by atoms with Gasteiger partial charge in [0.15, 0.2) is 0 Å². The molecular formula is C19H26N2O2. The van der Waals surface area contributed by atoms with E-state index in [0.29, 0.717) is 12.0 Å². The van der Waals surface area contributed by atoms with Crippen molar-refractivity contribution in [1.29, 1.82) is 0 Å². The van der Waals surface area contributed by atoms with Gasteiger partial charge in [-0.25, -0.2) is 0 Å². The zero-order valence-electron chi connectivity index (χ0n) is 14.0. The molecular weight excluding hydrogens is 288 g/mol. The van der Waals surface area contributed by atoms with Gasteiger partial charge in [0.2, 0.25) is 0 Å². The molecule has 0 amide bonds. The van der Waals surface area contributed by atoms with Crippen LogP contribution >= 0.6 is 0 Å². The van der Waals surface area contributed by atoms with Crippen LogP contribution in [0.25, 0.3) is 10.8 Å². The Kier molecular flexibility index (Phi) is 4.71. The summed E-state index contributed by atoms with van der Waals surface area (Å²) >= 11 is 0. The van der Waals surface area contributed by atoms with Crippen molar-refractivity contribution in [3.05, 3.63) is 40.3 Å². The van der Waals surface area contributed by atoms with Gasteiger partial charge in [0.25, 0.3) is 5.56 Å². The molecule has 1 aromatic heterocycles. The van der Waals surface area contributed by atoms with E-state index in [2.05, 4.69) is 11.9 Å². The number of rotatable bonds is 4. The standard InChI is InChI=1S/C19H26N2O2/c1-3-17(20)13-4-6-15(7-5-13)23-18-11-14-8-9-21-19(22)16(14)10-12(18)2/h8-11,13,15,17H,3-7,20H2,1-2H3,(H,21,22). The molecule has 4 heteroatoms. The van der Waals surface area contributed by atoms with Crippen LogP contribution < -0.4 is 16.0 Å². The molecule has 1 aromatic carbocycles. The lowest BCUT2D eigenvalue weighted by molar-refractivity contribution is 0.122. The third kappa shape index (κ3) is 3.42. The van der Waals surface area contributed by atoms with Crippen molar-refractivity contribution in [2.24, 2.45) is 11.7 Å². The van der Waals surface area contributed by atoms with E-state index in [0.717, 1.165) is 54.2 Å². The van der Waals surface area contributed by atoms with Gasteiger partial charge in [0.05, 0.1) is 6.10 Å². The average Bonchev–Trinajstić information content (AvgIpc) is 2.56. The molecule has 23 heavy (non-hydrogen) atoms. The van der Waals surface area contributed by atoms with Gasteiger partial charge >= 0.3 is 0 Å². The highest BCUT2D eigenvalue weighted by Crippen LogP contribution is 2.32. The maximum Gasteiger partial charge on any atom is 0.255 e. The fourth-order valence-electron chi connectivity index (χ4n) is 3.60. The monoisotopic (exact) mass is 314 g/mol. The molecule has 2 aromatic rings. The minimum atomic E-state index is -0.0498. The summed E-state index contributed by atoms with van der Waals surface area (Å²) in [5, 5.41) is 1.64. The van der Waals surface area contributed by atoms with Crippen LogP contribution in [0.2, 0.25) is 0 Å². The number of pyridine rings is 1. The number of nitrogens with one attached hydrogen (secondary N) is 1. The van der Waals surface area contributed by atoms with Crippen LogP contribution in [0.3, 0.4) is 0 Å². The molecule has 1 atom stereocenters. The molecule has 0 spiro atoms. The van der Waals surface area contributed by atoms with Crippen molar-refractivity contribution in [1.82, 2.24) is 4.98 Å². The second-order valence-corrected chi connectivity index (χ2v) is 6.74. The van der Waals surface area contributed by atoms with E-state index in [1.54, 1.807) is 6.20 Å². The Morgan fingerprint density at radius 1 is 1.30 bits per heavy atom. The van der Waals surface area contributed by atoms with Crippen LogP contribution in [0.1, 0.15) is 44.6 Å². The number of nitrogens with two attached hydrogens (primary N) is 1. The molecule has 0 bridgehead atoms. The Labute approximate surface area is 137 Å². The van der Waals surface area contributed by atoms with Gasteiger partial charge in [-0.1, -0.05) is 6.92 Å². The number of benzene rings is 1. The third-order valence-electron chi connectivity index (χ3n) is 5.16. The van der Waals surface area contributed by atoms with Crippen molar-refractivity contribution in [3.63, 3.8) is 0 Å². The van der Waals surface area contributed by atoms with Crippen LogP contribution in [0.15, 0.2) is 29.2 Å². The van der Waals surface area contributed by atoms with E-state index in [-0.39, 0.29) is 11.7 Å². The van der Waals surface area contributed by atoms with Crippen LogP contribution in [-0.4, -0.2) is 17.1 Å². The van der Waals surface area contributed by atoms with Crippen molar-refractivity contribution in [2.75, 3.05) is 0 Å². The molecule has 1 unspecified atom stereocenters. The number of aromatic nitrogens is 1. The van der Waals surface area contributed by atoms with E-state index in [1.807, 2.05) is 25.1 Å². The first-order valence-electron chi connectivity index (χ1n) is 8.62. The van der Waals surface area contributed by atoms with Gasteiger partial charge < -0.3 is 15.5 Å². The van der Waals surface area contributed by atoms with Crippen LogP contribution in [-0.2, 0) is 0 Å². The highest BCUT2D eigenvalue weighted by atomic mass is 16.5. The van der Waals surface area contributed by atoms with E-state index < -0.39 is 0 Å². The van der Waals surface area contributed by atoms with Crippen molar-refractivity contribution in [3.8, 4) is 5.75 Å². The predicted octanol–water partition coefficient (Wildman–Crippen LogP) is 3.51. The summed E-state index contributed by atoms with van der Waals surface area (Å²) in [7, 11) is 0. The summed E-state index contributed by atoms with van der Waals surface area (Å²) < 4.78 is 6.24.